The molecule has 0 atom stereocenters. The van der Waals surface area contributed by atoms with E-state index in [1.54, 1.807) is 36.5 Å². The van der Waals surface area contributed by atoms with E-state index in [1.807, 2.05) is 0 Å². The Hall–Kier alpha value is -2.43. The van der Waals surface area contributed by atoms with Crippen LogP contribution in [0.15, 0.2) is 48.2 Å². The summed E-state index contributed by atoms with van der Waals surface area (Å²) in [4.78, 5) is 3.72. The van der Waals surface area contributed by atoms with Crippen molar-refractivity contribution in [1.29, 1.82) is 0 Å². The van der Waals surface area contributed by atoms with Crippen LogP contribution in [0.4, 0.5) is 13.2 Å². The molecule has 4 rings (SSSR count). The van der Waals surface area contributed by atoms with Gasteiger partial charge in [-0.3, -0.25) is 0 Å². The molecule has 0 saturated carbocycles. The minimum absolute atomic E-state index is 0.459. The Morgan fingerprint density at radius 3 is 2.63 bits per heavy atom. The summed E-state index contributed by atoms with van der Waals surface area (Å²) in [5.74, 6) is -1.59. The van der Waals surface area contributed by atoms with Gasteiger partial charge in [-0.1, -0.05) is 24.3 Å². The third kappa shape index (κ3) is 3.20. The maximum Gasteiger partial charge on any atom is 0.534 e. The molecule has 2 aliphatic carbocycles. The number of rotatable bonds is 2. The van der Waals surface area contributed by atoms with Crippen LogP contribution in [0.5, 0.6) is 5.88 Å². The fourth-order valence-electron chi connectivity index (χ4n) is 2.92. The van der Waals surface area contributed by atoms with Crippen molar-refractivity contribution in [2.75, 3.05) is 13.2 Å². The molecule has 1 aliphatic heterocycles. The standard InChI is InChI=1S/C17H12F3NO5S/c18-17(19,20)27(22,23)26-15-8-11-2-1-3-12-9-16(24-6-7-25-16)5-4-13(12)14(11)10-21-15/h1-5,8-10H,6-7H2. The first kappa shape index (κ1) is 18.0. The summed E-state index contributed by atoms with van der Waals surface area (Å²) in [5, 5.41) is 1.06. The van der Waals surface area contributed by atoms with E-state index in [-0.39, 0.29) is 0 Å². The van der Waals surface area contributed by atoms with Gasteiger partial charge in [-0.2, -0.15) is 21.6 Å². The highest BCUT2D eigenvalue weighted by molar-refractivity contribution is 7.87. The van der Waals surface area contributed by atoms with Gasteiger partial charge in [0.25, 0.3) is 0 Å². The molecule has 0 unspecified atom stereocenters. The maximum atomic E-state index is 12.5. The van der Waals surface area contributed by atoms with E-state index in [1.165, 1.54) is 6.20 Å². The third-order valence-electron chi connectivity index (χ3n) is 4.12. The Labute approximate surface area is 151 Å². The molecule has 0 amide bonds. The minimum Gasteiger partial charge on any atom is -0.355 e. The van der Waals surface area contributed by atoms with Gasteiger partial charge < -0.3 is 13.7 Å². The molecule has 3 aliphatic rings. The topological polar surface area (TPSA) is 74.7 Å². The molecule has 1 saturated heterocycles. The number of hydrogen-bond donors (Lipinski definition) is 0. The second-order valence-electron chi connectivity index (χ2n) is 5.88. The summed E-state index contributed by atoms with van der Waals surface area (Å²) in [6.45, 7) is 0.928. The molecule has 1 fully saturated rings. The van der Waals surface area contributed by atoms with Gasteiger partial charge in [-0.05, 0) is 28.5 Å². The molecule has 0 radical (unpaired) electrons. The number of pyridine rings is 1. The molecule has 27 heavy (non-hydrogen) atoms. The Kier molecular flexibility index (Phi) is 4.02. The molecular weight excluding hydrogens is 387 g/mol. The molecule has 2 heterocycles. The first-order valence-corrected chi connectivity index (χ1v) is 9.20. The summed E-state index contributed by atoms with van der Waals surface area (Å²) in [6.07, 6.45) is 11.7. The molecule has 10 heteroatoms. The SMILES string of the molecule is O=S(=O)(Oc1cc2c(cn1)=C1C=CC3(C=C1C=CC=2)OCCO3)C(F)(F)F. The largest absolute Gasteiger partial charge is 0.534 e. The van der Waals surface area contributed by atoms with Crippen LogP contribution < -0.4 is 14.6 Å². The van der Waals surface area contributed by atoms with E-state index in [2.05, 4.69) is 9.17 Å². The number of aromatic nitrogens is 1. The molecule has 0 aromatic carbocycles. The lowest BCUT2D eigenvalue weighted by Crippen LogP contribution is -2.32. The lowest BCUT2D eigenvalue weighted by Gasteiger charge is -2.24. The highest BCUT2D eigenvalue weighted by atomic mass is 32.2. The third-order valence-corrected chi connectivity index (χ3v) is 5.08. The quantitative estimate of drug-likeness (QED) is 0.547. The predicted molar refractivity (Wildman–Crippen MR) is 88.0 cm³/mol. The average Bonchev–Trinajstić information content (AvgIpc) is 2.94. The fourth-order valence-corrected chi connectivity index (χ4v) is 3.33. The molecular formula is C17H12F3NO5S. The van der Waals surface area contributed by atoms with Crippen LogP contribution in [0.2, 0.25) is 0 Å². The second-order valence-corrected chi connectivity index (χ2v) is 7.42. The van der Waals surface area contributed by atoms with Crippen LogP contribution in [-0.4, -0.2) is 37.9 Å². The summed E-state index contributed by atoms with van der Waals surface area (Å²) < 4.78 is 75.1. The maximum absolute atomic E-state index is 12.5. The number of nitrogens with zero attached hydrogens (tertiary/aromatic N) is 1. The highest BCUT2D eigenvalue weighted by Crippen LogP contribution is 2.32. The summed E-state index contributed by atoms with van der Waals surface area (Å²) in [7, 11) is -5.78. The Bertz CT molecular complexity index is 1110. The van der Waals surface area contributed by atoms with Gasteiger partial charge in [-0.25, -0.2) is 4.98 Å². The molecule has 6 nitrogen and oxygen atoms in total. The number of halogens is 3. The van der Waals surface area contributed by atoms with Crippen molar-refractivity contribution < 1.29 is 35.2 Å². The van der Waals surface area contributed by atoms with Crippen molar-refractivity contribution in [3.05, 3.63) is 58.7 Å². The second kappa shape index (κ2) is 6.04. The number of ether oxygens (including phenoxy) is 2. The van der Waals surface area contributed by atoms with Crippen molar-refractivity contribution in [2.24, 2.45) is 0 Å². The van der Waals surface area contributed by atoms with E-state index in [0.29, 0.717) is 23.7 Å². The van der Waals surface area contributed by atoms with Crippen LogP contribution >= 0.6 is 0 Å². The average molecular weight is 399 g/mol. The van der Waals surface area contributed by atoms with E-state index < -0.39 is 27.3 Å². The van der Waals surface area contributed by atoms with E-state index >= 15 is 0 Å². The zero-order chi connectivity index (χ0) is 19.3. The first-order valence-electron chi connectivity index (χ1n) is 7.79. The van der Waals surface area contributed by atoms with Gasteiger partial charge in [0.05, 0.1) is 13.2 Å². The lowest BCUT2D eigenvalue weighted by atomic mass is 9.95. The van der Waals surface area contributed by atoms with Gasteiger partial charge in [-0.15, -0.1) is 0 Å². The number of fused-ring (bicyclic) bond motifs is 2. The van der Waals surface area contributed by atoms with Crippen LogP contribution in [-0.2, 0) is 19.6 Å². The van der Waals surface area contributed by atoms with E-state index in [0.717, 1.165) is 17.2 Å². The highest BCUT2D eigenvalue weighted by Gasteiger charge is 2.48. The smallest absolute Gasteiger partial charge is 0.355 e. The Balaban J connectivity index is 1.78. The van der Waals surface area contributed by atoms with E-state index in [9.17, 15) is 21.6 Å². The molecule has 1 spiro atoms. The van der Waals surface area contributed by atoms with Gasteiger partial charge in [0.2, 0.25) is 11.7 Å². The number of allylic oxidation sites excluding steroid dienone is 4. The first-order chi connectivity index (χ1) is 12.7. The van der Waals surface area contributed by atoms with Gasteiger partial charge in [0.15, 0.2) is 0 Å². The Morgan fingerprint density at radius 2 is 1.93 bits per heavy atom. The summed E-state index contributed by atoms with van der Waals surface area (Å²) >= 11 is 0. The molecule has 142 valence electrons. The van der Waals surface area contributed by atoms with Gasteiger partial charge in [0, 0.05) is 17.5 Å². The van der Waals surface area contributed by atoms with Crippen LogP contribution in [0.3, 0.4) is 0 Å². The van der Waals surface area contributed by atoms with Crippen molar-refractivity contribution in [3.63, 3.8) is 0 Å². The van der Waals surface area contributed by atoms with Crippen molar-refractivity contribution in [2.45, 2.75) is 11.3 Å². The lowest BCUT2D eigenvalue weighted by molar-refractivity contribution is -0.0750. The predicted octanol–water partition coefficient (Wildman–Crippen LogP) is 1.05. The van der Waals surface area contributed by atoms with Crippen molar-refractivity contribution in [3.8, 4) is 5.88 Å². The van der Waals surface area contributed by atoms with Crippen LogP contribution in [0.25, 0.3) is 11.6 Å². The number of alkyl halides is 3. The van der Waals surface area contributed by atoms with E-state index in [4.69, 9.17) is 9.47 Å². The van der Waals surface area contributed by atoms with Crippen molar-refractivity contribution in [1.82, 2.24) is 4.98 Å². The molecule has 1 aromatic heterocycles. The molecule has 0 bridgehead atoms. The zero-order valence-corrected chi connectivity index (χ0v) is 14.4. The zero-order valence-electron chi connectivity index (χ0n) is 13.6. The van der Waals surface area contributed by atoms with Crippen molar-refractivity contribution >= 4 is 21.8 Å². The summed E-state index contributed by atoms with van der Waals surface area (Å²) in [5.41, 5.74) is -4.00. The Morgan fingerprint density at radius 1 is 1.19 bits per heavy atom. The van der Waals surface area contributed by atoms with Gasteiger partial charge in [0.1, 0.15) is 0 Å². The fraction of sp³-hybridized carbons (Fsp3) is 0.235. The minimum atomic E-state index is -5.78. The normalized spacial score (nSPS) is 20.6. The molecule has 0 N–H and O–H groups in total. The van der Waals surface area contributed by atoms with Crippen LogP contribution in [0, 0.1) is 0 Å². The monoisotopic (exact) mass is 399 g/mol. The number of hydrogen-bond acceptors (Lipinski definition) is 6. The van der Waals surface area contributed by atoms with Gasteiger partial charge >= 0.3 is 15.6 Å². The van der Waals surface area contributed by atoms with Crippen LogP contribution in [0.1, 0.15) is 0 Å². The molecule has 1 aromatic rings. The summed E-state index contributed by atoms with van der Waals surface area (Å²) in [6, 6.07) is 1.14.